The second-order valence-electron chi connectivity index (χ2n) is 6.79. The summed E-state index contributed by atoms with van der Waals surface area (Å²) in [5.41, 5.74) is -0.719. The van der Waals surface area contributed by atoms with Crippen LogP contribution in [0.15, 0.2) is 21.9 Å². The van der Waals surface area contributed by atoms with Crippen molar-refractivity contribution >= 4 is 0 Å². The van der Waals surface area contributed by atoms with Crippen LogP contribution in [0.25, 0.3) is 0 Å². The molecule has 1 aliphatic heterocycles. The zero-order valence-corrected chi connectivity index (χ0v) is 17.2. The molecule has 4 atom stereocenters. The van der Waals surface area contributed by atoms with Crippen molar-refractivity contribution in [2.45, 2.75) is 40.0 Å². The van der Waals surface area contributed by atoms with Crippen molar-refractivity contribution in [3.8, 4) is 0 Å². The normalized spacial score (nSPS) is 27.5. The molecule has 1 aliphatic rings. The predicted octanol–water partition coefficient (Wildman–Crippen LogP) is 0.979. The van der Waals surface area contributed by atoms with Crippen molar-refractivity contribution in [2.75, 3.05) is 6.61 Å². The quantitative estimate of drug-likeness (QED) is 0.678. The Kier molecular flexibility index (Phi) is 6.99. The molecule has 0 amide bonds. The maximum atomic E-state index is 12.4. The average molecular weight is 494 g/mol. The van der Waals surface area contributed by atoms with Crippen LogP contribution >= 0.6 is 0 Å². The van der Waals surface area contributed by atoms with Gasteiger partial charge in [-0.2, -0.15) is 0 Å². The van der Waals surface area contributed by atoms with Gasteiger partial charge in [0.1, 0.15) is 6.23 Å². The summed E-state index contributed by atoms with van der Waals surface area (Å²) in [6.07, 6.45) is 0.757. The van der Waals surface area contributed by atoms with Gasteiger partial charge in [-0.1, -0.05) is 27.7 Å². The van der Waals surface area contributed by atoms with Crippen molar-refractivity contribution in [2.24, 2.45) is 30.7 Å². The third kappa shape index (κ3) is 3.70. The van der Waals surface area contributed by atoms with Crippen LogP contribution in [0.3, 0.4) is 0 Å². The molecule has 1 fully saturated rings. The zero-order valence-electron chi connectivity index (χ0n) is 14.3. The van der Waals surface area contributed by atoms with Gasteiger partial charge in [0.25, 0.3) is 5.56 Å². The van der Waals surface area contributed by atoms with Gasteiger partial charge in [0.2, 0.25) is 0 Å². The largest absolute Gasteiger partial charge is 0.394 e. The molecule has 23 heavy (non-hydrogen) atoms. The first-order valence-electron chi connectivity index (χ1n) is 7.84. The molecule has 130 valence electrons. The minimum atomic E-state index is -0.455. The van der Waals surface area contributed by atoms with Gasteiger partial charge in [-0.15, -0.1) is 0 Å². The topological polar surface area (TPSA) is 73.5 Å². The number of aliphatic hydroxyl groups is 1. The fourth-order valence-electron chi connectivity index (χ4n) is 3.64. The van der Waals surface area contributed by atoms with Gasteiger partial charge in [-0.3, -0.25) is 13.9 Å². The van der Waals surface area contributed by atoms with Gasteiger partial charge in [-0.05, 0) is 17.8 Å². The van der Waals surface area contributed by atoms with Crippen LogP contribution in [0.4, 0.5) is 0 Å². The van der Waals surface area contributed by atoms with E-state index in [-0.39, 0.29) is 62.8 Å². The fraction of sp³-hybridized carbons (Fsp3) is 0.750. The number of hydrogen-bond acceptors (Lipinski definition) is 4. The van der Waals surface area contributed by atoms with E-state index in [1.54, 1.807) is 0 Å². The molecule has 1 aromatic heterocycles. The molecule has 0 bridgehead atoms. The minimum absolute atomic E-state index is 0. The van der Waals surface area contributed by atoms with Crippen molar-refractivity contribution in [3.63, 3.8) is 0 Å². The maximum absolute atomic E-state index is 12.4. The molecule has 0 saturated carbocycles. The molecule has 2 heterocycles. The molecule has 2 unspecified atom stereocenters. The first kappa shape index (κ1) is 20.3. The third-order valence-electron chi connectivity index (χ3n) is 4.73. The van der Waals surface area contributed by atoms with Crippen molar-refractivity contribution in [1.82, 2.24) is 9.13 Å². The summed E-state index contributed by atoms with van der Waals surface area (Å²) in [5.74, 6) is 0.891. The van der Waals surface area contributed by atoms with Gasteiger partial charge >= 0.3 is 5.69 Å². The molecule has 1 N–H and O–H groups in total. The Labute approximate surface area is 150 Å². The van der Waals surface area contributed by atoms with Crippen molar-refractivity contribution in [3.05, 3.63) is 33.1 Å². The molecule has 2 rings (SSSR count). The molecule has 0 aromatic carbocycles. The smallest absolute Gasteiger partial charge is 0.332 e. The second-order valence-corrected chi connectivity index (χ2v) is 6.79. The number of rotatable bonds is 4. The SMILES string of the molecule is CC(C)C1C(C(C)C)[C@@H](CO)O[C@H]1n1ccc(=O)n(C)c1=O.[W]. The van der Waals surface area contributed by atoms with Crippen LogP contribution in [0.2, 0.25) is 0 Å². The second kappa shape index (κ2) is 7.91. The molecule has 7 heteroatoms. The van der Waals surface area contributed by atoms with E-state index in [1.807, 2.05) is 0 Å². The summed E-state index contributed by atoms with van der Waals surface area (Å²) in [6, 6.07) is 1.37. The van der Waals surface area contributed by atoms with Gasteiger partial charge < -0.3 is 9.84 Å². The van der Waals surface area contributed by atoms with E-state index < -0.39 is 6.23 Å². The van der Waals surface area contributed by atoms with E-state index in [4.69, 9.17) is 4.74 Å². The van der Waals surface area contributed by atoms with Gasteiger partial charge in [-0.25, -0.2) is 4.79 Å². The van der Waals surface area contributed by atoms with E-state index in [0.29, 0.717) is 5.92 Å². The Morgan fingerprint density at radius 1 is 1.17 bits per heavy atom. The molecule has 1 saturated heterocycles. The monoisotopic (exact) mass is 494 g/mol. The Balaban J connectivity index is 0.00000264. The number of aromatic nitrogens is 2. The van der Waals surface area contributed by atoms with E-state index in [9.17, 15) is 14.7 Å². The molecule has 1 aromatic rings. The van der Waals surface area contributed by atoms with Crippen LogP contribution in [-0.2, 0) is 32.8 Å². The average Bonchev–Trinajstić information content (AvgIpc) is 2.84. The van der Waals surface area contributed by atoms with E-state index in [1.165, 1.54) is 23.9 Å². The summed E-state index contributed by atoms with van der Waals surface area (Å²) >= 11 is 0. The minimum Gasteiger partial charge on any atom is -0.394 e. The Bertz CT molecular complexity index is 638. The van der Waals surface area contributed by atoms with Crippen molar-refractivity contribution in [1.29, 1.82) is 0 Å². The van der Waals surface area contributed by atoms with Gasteiger partial charge in [0.05, 0.1) is 12.7 Å². The van der Waals surface area contributed by atoms with E-state index in [2.05, 4.69) is 27.7 Å². The third-order valence-corrected chi connectivity index (χ3v) is 4.73. The summed E-state index contributed by atoms with van der Waals surface area (Å²) in [7, 11) is 1.46. The number of ether oxygens (including phenoxy) is 1. The number of nitrogens with zero attached hydrogens (tertiary/aromatic N) is 2. The van der Waals surface area contributed by atoms with E-state index in [0.717, 1.165) is 4.57 Å². The molecule has 0 radical (unpaired) electrons. The first-order chi connectivity index (χ1) is 10.3. The fourth-order valence-corrected chi connectivity index (χ4v) is 3.64. The Morgan fingerprint density at radius 3 is 2.22 bits per heavy atom. The van der Waals surface area contributed by atoms with Gasteiger partial charge in [0, 0.05) is 46.3 Å². The van der Waals surface area contributed by atoms with E-state index >= 15 is 0 Å². The maximum Gasteiger partial charge on any atom is 0.332 e. The number of aliphatic hydroxyl groups excluding tert-OH is 1. The standard InChI is InChI=1S/C16H26N2O4.W/c1-9(2)13-11(8-19)22-15(14(13)10(3)4)18-7-6-12(20)17(5)16(18)21;/h6-7,9-11,13-15,19H,8H2,1-5H3;/t11-,13?,14?,15-;/m1./s1. The molecular formula is C16H26N2O4W. The molecule has 6 nitrogen and oxygen atoms in total. The summed E-state index contributed by atoms with van der Waals surface area (Å²) < 4.78 is 8.58. The number of hydrogen-bond donors (Lipinski definition) is 1. The van der Waals surface area contributed by atoms with Gasteiger partial charge in [0.15, 0.2) is 0 Å². The summed E-state index contributed by atoms with van der Waals surface area (Å²) in [4.78, 5) is 24.0. The first-order valence-corrected chi connectivity index (χ1v) is 7.84. The Hall–Kier alpha value is -0.712. The Morgan fingerprint density at radius 2 is 1.74 bits per heavy atom. The van der Waals surface area contributed by atoms with Crippen LogP contribution in [0.1, 0.15) is 33.9 Å². The predicted molar refractivity (Wildman–Crippen MR) is 83.6 cm³/mol. The molecular weight excluding hydrogens is 468 g/mol. The summed E-state index contributed by atoms with van der Waals surface area (Å²) in [6.45, 7) is 8.35. The van der Waals surface area contributed by atoms with Crippen LogP contribution in [0.5, 0.6) is 0 Å². The molecule has 0 aliphatic carbocycles. The van der Waals surface area contributed by atoms with Crippen LogP contribution in [0, 0.1) is 23.7 Å². The van der Waals surface area contributed by atoms with Crippen molar-refractivity contribution < 1.29 is 30.9 Å². The van der Waals surface area contributed by atoms with Crippen LogP contribution < -0.4 is 11.2 Å². The zero-order chi connectivity index (χ0) is 16.6. The molecule has 0 spiro atoms. The van der Waals surface area contributed by atoms with Crippen LogP contribution in [-0.4, -0.2) is 27.0 Å². The summed E-state index contributed by atoms with van der Waals surface area (Å²) in [5, 5.41) is 9.65.